The summed E-state index contributed by atoms with van der Waals surface area (Å²) in [6, 6.07) is 0. The lowest BCUT2D eigenvalue weighted by atomic mass is 10.3. The highest BCUT2D eigenvalue weighted by atomic mass is 16.5. The van der Waals surface area contributed by atoms with Crippen LogP contribution < -0.4 is 5.32 Å². The van der Waals surface area contributed by atoms with Crippen LogP contribution in [0.3, 0.4) is 0 Å². The average Bonchev–Trinajstić information content (AvgIpc) is 2.08. The van der Waals surface area contributed by atoms with E-state index < -0.39 is 0 Å². The summed E-state index contributed by atoms with van der Waals surface area (Å²) in [4.78, 5) is 0. The molecular weight excluding hydrogens is 154 g/mol. The standard InChI is InChI=1S/C5H11NO.C4H10O/c1-5-4-6-2-3-7-5;1-3-5-4-2/h5-6H,2-4H2,1H3;3-4H2,1-2H3. The molecule has 1 fully saturated rings. The van der Waals surface area contributed by atoms with Crippen molar-refractivity contribution in [1.82, 2.24) is 5.32 Å². The van der Waals surface area contributed by atoms with E-state index in [2.05, 4.69) is 12.2 Å². The molecule has 12 heavy (non-hydrogen) atoms. The molecule has 3 heteroatoms. The average molecular weight is 175 g/mol. The van der Waals surface area contributed by atoms with Crippen molar-refractivity contribution in [3.63, 3.8) is 0 Å². The SMILES string of the molecule is CC1CNCCO1.CCOCC. The van der Waals surface area contributed by atoms with Crippen LogP contribution in [0.5, 0.6) is 0 Å². The molecule has 0 aromatic carbocycles. The minimum Gasteiger partial charge on any atom is -0.382 e. The highest BCUT2D eigenvalue weighted by Crippen LogP contribution is 1.91. The van der Waals surface area contributed by atoms with Gasteiger partial charge in [0.2, 0.25) is 0 Å². The molecule has 1 saturated heterocycles. The van der Waals surface area contributed by atoms with Crippen molar-refractivity contribution in [2.75, 3.05) is 32.9 Å². The molecule has 0 bridgehead atoms. The van der Waals surface area contributed by atoms with E-state index in [0.29, 0.717) is 6.10 Å². The highest BCUT2D eigenvalue weighted by molar-refractivity contribution is 4.59. The summed E-state index contributed by atoms with van der Waals surface area (Å²) in [6.07, 6.45) is 0.425. The Morgan fingerprint density at radius 3 is 2.25 bits per heavy atom. The molecule has 1 atom stereocenters. The fraction of sp³-hybridized carbons (Fsp3) is 1.00. The number of hydrogen-bond donors (Lipinski definition) is 1. The lowest BCUT2D eigenvalue weighted by molar-refractivity contribution is 0.0410. The lowest BCUT2D eigenvalue weighted by Gasteiger charge is -2.18. The van der Waals surface area contributed by atoms with Crippen LogP contribution in [0.1, 0.15) is 20.8 Å². The number of hydrogen-bond acceptors (Lipinski definition) is 3. The first kappa shape index (κ1) is 11.9. The molecule has 1 unspecified atom stereocenters. The van der Waals surface area contributed by atoms with Gasteiger partial charge in [0, 0.05) is 26.3 Å². The summed E-state index contributed by atoms with van der Waals surface area (Å²) >= 11 is 0. The quantitative estimate of drug-likeness (QED) is 0.680. The van der Waals surface area contributed by atoms with Crippen molar-refractivity contribution < 1.29 is 9.47 Å². The van der Waals surface area contributed by atoms with Crippen molar-refractivity contribution in [2.45, 2.75) is 26.9 Å². The Hall–Kier alpha value is -0.120. The zero-order valence-corrected chi connectivity index (χ0v) is 8.43. The summed E-state index contributed by atoms with van der Waals surface area (Å²) in [6.45, 7) is 10.7. The van der Waals surface area contributed by atoms with Crippen LogP contribution in [0, 0.1) is 0 Å². The number of morpholine rings is 1. The van der Waals surface area contributed by atoms with Gasteiger partial charge in [-0.05, 0) is 20.8 Å². The third kappa shape index (κ3) is 7.98. The minimum atomic E-state index is 0.425. The number of ether oxygens (including phenoxy) is 2. The Bertz CT molecular complexity index is 80.6. The predicted octanol–water partition coefficient (Wildman–Crippen LogP) is 1.04. The normalized spacial score (nSPS) is 22.8. The van der Waals surface area contributed by atoms with Gasteiger partial charge in [-0.1, -0.05) is 0 Å². The molecule has 1 aliphatic heterocycles. The van der Waals surface area contributed by atoms with Gasteiger partial charge < -0.3 is 14.8 Å². The van der Waals surface area contributed by atoms with Crippen LogP contribution in [0.15, 0.2) is 0 Å². The van der Waals surface area contributed by atoms with Crippen molar-refractivity contribution in [3.8, 4) is 0 Å². The van der Waals surface area contributed by atoms with Crippen molar-refractivity contribution in [3.05, 3.63) is 0 Å². The molecule has 3 nitrogen and oxygen atoms in total. The molecule has 0 aliphatic carbocycles. The van der Waals surface area contributed by atoms with Crippen molar-refractivity contribution in [2.24, 2.45) is 0 Å². The van der Waals surface area contributed by atoms with Gasteiger partial charge >= 0.3 is 0 Å². The van der Waals surface area contributed by atoms with Gasteiger partial charge in [-0.2, -0.15) is 0 Å². The molecule has 0 aromatic rings. The molecule has 74 valence electrons. The largest absolute Gasteiger partial charge is 0.382 e. The maximum Gasteiger partial charge on any atom is 0.0672 e. The lowest BCUT2D eigenvalue weighted by Crippen LogP contribution is -2.36. The van der Waals surface area contributed by atoms with Crippen LogP contribution in [-0.4, -0.2) is 39.0 Å². The van der Waals surface area contributed by atoms with E-state index in [4.69, 9.17) is 9.47 Å². The minimum absolute atomic E-state index is 0.425. The van der Waals surface area contributed by atoms with Gasteiger partial charge in [0.15, 0.2) is 0 Å². The first-order chi connectivity index (χ1) is 5.81. The van der Waals surface area contributed by atoms with E-state index in [1.807, 2.05) is 13.8 Å². The Morgan fingerprint density at radius 2 is 2.08 bits per heavy atom. The van der Waals surface area contributed by atoms with E-state index in [0.717, 1.165) is 32.9 Å². The fourth-order valence-electron chi connectivity index (χ4n) is 0.901. The third-order valence-electron chi connectivity index (χ3n) is 1.52. The summed E-state index contributed by atoms with van der Waals surface area (Å²) in [7, 11) is 0. The molecule has 0 radical (unpaired) electrons. The summed E-state index contributed by atoms with van der Waals surface area (Å²) in [5, 5.41) is 3.21. The number of nitrogens with one attached hydrogen (secondary N) is 1. The summed E-state index contributed by atoms with van der Waals surface area (Å²) in [5.74, 6) is 0. The molecule has 1 rings (SSSR count). The maximum atomic E-state index is 5.22. The second-order valence-corrected chi connectivity index (χ2v) is 2.67. The molecule has 0 spiro atoms. The van der Waals surface area contributed by atoms with E-state index >= 15 is 0 Å². The van der Waals surface area contributed by atoms with Crippen LogP contribution in [0.4, 0.5) is 0 Å². The van der Waals surface area contributed by atoms with E-state index in [1.54, 1.807) is 0 Å². The van der Waals surface area contributed by atoms with Crippen LogP contribution in [0.2, 0.25) is 0 Å². The first-order valence-electron chi connectivity index (χ1n) is 4.71. The molecule has 1 N–H and O–H groups in total. The Balaban J connectivity index is 0.000000217. The third-order valence-corrected chi connectivity index (χ3v) is 1.52. The second-order valence-electron chi connectivity index (χ2n) is 2.67. The Labute approximate surface area is 75.4 Å². The van der Waals surface area contributed by atoms with E-state index in [1.165, 1.54) is 0 Å². The first-order valence-corrected chi connectivity index (χ1v) is 4.71. The van der Waals surface area contributed by atoms with Crippen LogP contribution in [0.25, 0.3) is 0 Å². The zero-order valence-electron chi connectivity index (χ0n) is 8.43. The molecule has 0 saturated carbocycles. The predicted molar refractivity (Wildman–Crippen MR) is 50.5 cm³/mol. The van der Waals surface area contributed by atoms with E-state index in [9.17, 15) is 0 Å². The van der Waals surface area contributed by atoms with Crippen molar-refractivity contribution in [1.29, 1.82) is 0 Å². The van der Waals surface area contributed by atoms with Gasteiger partial charge in [-0.3, -0.25) is 0 Å². The van der Waals surface area contributed by atoms with Gasteiger partial charge in [0.1, 0.15) is 0 Å². The van der Waals surface area contributed by atoms with Gasteiger partial charge in [0.25, 0.3) is 0 Å². The zero-order chi connectivity index (χ0) is 9.23. The topological polar surface area (TPSA) is 30.5 Å². The Kier molecular flexibility index (Phi) is 8.88. The maximum absolute atomic E-state index is 5.22. The monoisotopic (exact) mass is 175 g/mol. The second kappa shape index (κ2) is 8.97. The smallest absolute Gasteiger partial charge is 0.0672 e. The van der Waals surface area contributed by atoms with Crippen molar-refractivity contribution >= 4 is 0 Å². The molecule has 0 aromatic heterocycles. The summed E-state index contributed by atoms with van der Waals surface area (Å²) in [5.41, 5.74) is 0. The Morgan fingerprint density at radius 1 is 1.42 bits per heavy atom. The van der Waals surface area contributed by atoms with E-state index in [-0.39, 0.29) is 0 Å². The van der Waals surface area contributed by atoms with Gasteiger partial charge in [-0.25, -0.2) is 0 Å². The molecule has 0 amide bonds. The molecule has 1 heterocycles. The van der Waals surface area contributed by atoms with Gasteiger partial charge in [-0.15, -0.1) is 0 Å². The molecule has 1 aliphatic rings. The molecular formula is C9H21NO2. The van der Waals surface area contributed by atoms with Crippen LogP contribution >= 0.6 is 0 Å². The fourth-order valence-corrected chi connectivity index (χ4v) is 0.901. The van der Waals surface area contributed by atoms with Gasteiger partial charge in [0.05, 0.1) is 12.7 Å². The highest BCUT2D eigenvalue weighted by Gasteiger charge is 2.04. The number of rotatable bonds is 2. The summed E-state index contributed by atoms with van der Waals surface area (Å²) < 4.78 is 10.0. The van der Waals surface area contributed by atoms with Crippen LogP contribution in [-0.2, 0) is 9.47 Å².